The summed E-state index contributed by atoms with van der Waals surface area (Å²) in [5.41, 5.74) is 3.90. The van der Waals surface area contributed by atoms with Gasteiger partial charge < -0.3 is 5.11 Å². The van der Waals surface area contributed by atoms with Crippen molar-refractivity contribution >= 4 is 11.8 Å². The molecule has 1 heterocycles. The van der Waals surface area contributed by atoms with Gasteiger partial charge in [-0.3, -0.25) is 0 Å². The van der Waals surface area contributed by atoms with E-state index < -0.39 is 0 Å². The molecule has 0 aliphatic rings. The average Bonchev–Trinajstić information content (AvgIpc) is 3.16. The maximum Gasteiger partial charge on any atom is 0.116 e. The Bertz CT molecular complexity index is 997. The van der Waals surface area contributed by atoms with E-state index in [1.165, 1.54) is 4.90 Å². The molecule has 0 fully saturated rings. The zero-order valence-electron chi connectivity index (χ0n) is 14.0. The number of benzene rings is 3. The van der Waals surface area contributed by atoms with E-state index in [0.29, 0.717) is 0 Å². The van der Waals surface area contributed by atoms with Crippen molar-refractivity contribution in [3.8, 4) is 28.1 Å². The first-order valence-electron chi connectivity index (χ1n) is 8.26. The van der Waals surface area contributed by atoms with Crippen LogP contribution >= 0.6 is 11.8 Å². The Balaban J connectivity index is 1.47. The lowest BCUT2D eigenvalue weighted by atomic mass is 10.0. The normalized spacial score (nSPS) is 10.8. The van der Waals surface area contributed by atoms with Gasteiger partial charge in [-0.25, -0.2) is 4.68 Å². The Hall–Kier alpha value is -3.05. The van der Waals surface area contributed by atoms with Gasteiger partial charge in [0.15, 0.2) is 0 Å². The number of aromatic nitrogens is 3. The summed E-state index contributed by atoms with van der Waals surface area (Å²) in [4.78, 5) is 1.21. The van der Waals surface area contributed by atoms with Gasteiger partial charge in [-0.1, -0.05) is 59.8 Å². The van der Waals surface area contributed by atoms with Crippen molar-refractivity contribution in [3.05, 3.63) is 85.1 Å². The van der Waals surface area contributed by atoms with Crippen LogP contribution < -0.4 is 0 Å². The quantitative estimate of drug-likeness (QED) is 0.506. The standard InChI is InChI=1S/C21H17N3OS/c25-19-6-4-5-18(13-19)16-9-11-17(12-10-16)21-14-24(23-22-21)15-26-20-7-2-1-3-8-20/h1-14,25H,15H2. The predicted molar refractivity (Wildman–Crippen MR) is 105 cm³/mol. The molecule has 1 aromatic heterocycles. The van der Waals surface area contributed by atoms with Crippen molar-refractivity contribution in [1.29, 1.82) is 0 Å². The molecule has 0 saturated carbocycles. The summed E-state index contributed by atoms with van der Waals surface area (Å²) in [7, 11) is 0. The molecule has 0 bridgehead atoms. The van der Waals surface area contributed by atoms with Crippen LogP contribution in [0.2, 0.25) is 0 Å². The highest BCUT2D eigenvalue weighted by Crippen LogP contribution is 2.26. The monoisotopic (exact) mass is 359 g/mol. The van der Waals surface area contributed by atoms with Gasteiger partial charge in [0.1, 0.15) is 11.4 Å². The molecule has 0 unspecified atom stereocenters. The van der Waals surface area contributed by atoms with Gasteiger partial charge in [-0.05, 0) is 35.4 Å². The van der Waals surface area contributed by atoms with Crippen molar-refractivity contribution in [1.82, 2.24) is 15.0 Å². The minimum absolute atomic E-state index is 0.269. The topological polar surface area (TPSA) is 50.9 Å². The molecule has 4 aromatic rings. The van der Waals surface area contributed by atoms with E-state index in [2.05, 4.69) is 22.4 Å². The number of thioether (sulfide) groups is 1. The Morgan fingerprint density at radius 1 is 0.808 bits per heavy atom. The summed E-state index contributed by atoms with van der Waals surface area (Å²) < 4.78 is 1.84. The highest BCUT2D eigenvalue weighted by Gasteiger charge is 2.06. The Labute approximate surface area is 156 Å². The number of aromatic hydroxyl groups is 1. The molecule has 128 valence electrons. The lowest BCUT2D eigenvalue weighted by Gasteiger charge is -2.03. The van der Waals surface area contributed by atoms with Gasteiger partial charge >= 0.3 is 0 Å². The fourth-order valence-electron chi connectivity index (χ4n) is 2.67. The van der Waals surface area contributed by atoms with E-state index in [-0.39, 0.29) is 5.75 Å². The molecule has 4 nitrogen and oxygen atoms in total. The largest absolute Gasteiger partial charge is 0.508 e. The van der Waals surface area contributed by atoms with Gasteiger partial charge in [-0.2, -0.15) is 0 Å². The smallest absolute Gasteiger partial charge is 0.116 e. The number of rotatable bonds is 5. The molecule has 0 spiro atoms. The molecule has 1 N–H and O–H groups in total. The summed E-state index contributed by atoms with van der Waals surface area (Å²) in [6.07, 6.45) is 1.96. The van der Waals surface area contributed by atoms with Gasteiger partial charge in [-0.15, -0.1) is 16.9 Å². The summed E-state index contributed by atoms with van der Waals surface area (Å²) in [5.74, 6) is 0.990. The lowest BCUT2D eigenvalue weighted by molar-refractivity contribution is 0.475. The summed E-state index contributed by atoms with van der Waals surface area (Å²) in [6.45, 7) is 0. The molecular weight excluding hydrogens is 342 g/mol. The van der Waals surface area contributed by atoms with Gasteiger partial charge in [0.05, 0.1) is 12.1 Å². The van der Waals surface area contributed by atoms with Crippen LogP contribution in [0.4, 0.5) is 0 Å². The SMILES string of the molecule is Oc1cccc(-c2ccc(-c3cn(CSc4ccccc4)nn3)cc2)c1. The Morgan fingerprint density at radius 3 is 2.35 bits per heavy atom. The first-order chi connectivity index (χ1) is 12.8. The molecule has 26 heavy (non-hydrogen) atoms. The van der Waals surface area contributed by atoms with Crippen molar-refractivity contribution in [2.24, 2.45) is 0 Å². The lowest BCUT2D eigenvalue weighted by Crippen LogP contribution is -1.94. The summed E-state index contributed by atoms with van der Waals surface area (Å²) >= 11 is 1.72. The van der Waals surface area contributed by atoms with Crippen LogP contribution in [0.25, 0.3) is 22.4 Å². The second-order valence-electron chi connectivity index (χ2n) is 5.86. The highest BCUT2D eigenvalue weighted by atomic mass is 32.2. The molecule has 0 saturated heterocycles. The first-order valence-corrected chi connectivity index (χ1v) is 9.24. The average molecular weight is 359 g/mol. The van der Waals surface area contributed by atoms with Crippen LogP contribution in [0, 0.1) is 0 Å². The molecule has 3 aromatic carbocycles. The molecule has 0 atom stereocenters. The summed E-state index contributed by atoms with van der Waals surface area (Å²) in [5, 5.41) is 18.1. The van der Waals surface area contributed by atoms with E-state index >= 15 is 0 Å². The number of hydrogen-bond acceptors (Lipinski definition) is 4. The van der Waals surface area contributed by atoms with Crippen LogP contribution in [0.3, 0.4) is 0 Å². The van der Waals surface area contributed by atoms with E-state index in [4.69, 9.17) is 0 Å². The molecule has 0 aliphatic carbocycles. The van der Waals surface area contributed by atoms with Gasteiger partial charge in [0.2, 0.25) is 0 Å². The fraction of sp³-hybridized carbons (Fsp3) is 0.0476. The molecular formula is C21H17N3OS. The van der Waals surface area contributed by atoms with Crippen LogP contribution in [-0.2, 0) is 5.88 Å². The zero-order chi connectivity index (χ0) is 17.8. The third-order valence-corrected chi connectivity index (χ3v) is 5.00. The van der Waals surface area contributed by atoms with Crippen LogP contribution in [0.1, 0.15) is 0 Å². The van der Waals surface area contributed by atoms with Crippen LogP contribution in [0.15, 0.2) is 90.0 Å². The van der Waals surface area contributed by atoms with E-state index in [1.807, 2.05) is 65.5 Å². The van der Waals surface area contributed by atoms with Crippen molar-refractivity contribution in [3.63, 3.8) is 0 Å². The molecule has 0 amide bonds. The minimum Gasteiger partial charge on any atom is -0.508 e. The number of phenols is 1. The van der Waals surface area contributed by atoms with E-state index in [9.17, 15) is 5.11 Å². The Kier molecular flexibility index (Phi) is 4.71. The molecule has 4 rings (SSSR count). The molecule has 0 aliphatic heterocycles. The number of phenolic OH excluding ortho intramolecular Hbond substituents is 1. The Morgan fingerprint density at radius 2 is 1.58 bits per heavy atom. The van der Waals surface area contributed by atoms with E-state index in [1.54, 1.807) is 23.9 Å². The fourth-order valence-corrected chi connectivity index (χ4v) is 3.43. The minimum atomic E-state index is 0.269. The molecule has 5 heteroatoms. The van der Waals surface area contributed by atoms with Crippen molar-refractivity contribution < 1.29 is 5.11 Å². The number of hydrogen-bond donors (Lipinski definition) is 1. The van der Waals surface area contributed by atoms with E-state index in [0.717, 1.165) is 28.3 Å². The molecule has 0 radical (unpaired) electrons. The maximum atomic E-state index is 9.62. The second kappa shape index (κ2) is 7.45. The number of nitrogens with zero attached hydrogens (tertiary/aromatic N) is 3. The van der Waals surface area contributed by atoms with Crippen molar-refractivity contribution in [2.45, 2.75) is 10.8 Å². The second-order valence-corrected chi connectivity index (χ2v) is 6.88. The highest BCUT2D eigenvalue weighted by molar-refractivity contribution is 7.98. The van der Waals surface area contributed by atoms with Gasteiger partial charge in [0, 0.05) is 10.5 Å². The van der Waals surface area contributed by atoms with Crippen LogP contribution in [-0.4, -0.2) is 20.1 Å². The third-order valence-electron chi connectivity index (χ3n) is 4.01. The maximum absolute atomic E-state index is 9.62. The first kappa shape index (κ1) is 16.4. The van der Waals surface area contributed by atoms with Crippen LogP contribution in [0.5, 0.6) is 5.75 Å². The van der Waals surface area contributed by atoms with Crippen molar-refractivity contribution in [2.75, 3.05) is 0 Å². The summed E-state index contributed by atoms with van der Waals surface area (Å²) in [6, 6.07) is 25.6. The zero-order valence-corrected chi connectivity index (χ0v) is 14.8. The van der Waals surface area contributed by atoms with Gasteiger partial charge in [0.25, 0.3) is 0 Å². The third kappa shape index (κ3) is 3.78. The predicted octanol–water partition coefficient (Wildman–Crippen LogP) is 5.07.